The largest absolute Gasteiger partial charge is 0.398 e. The maximum Gasteiger partial charge on any atom is 0.398 e. The first-order valence-electron chi connectivity index (χ1n) is 7.34. The van der Waals surface area contributed by atoms with Crippen LogP contribution in [0, 0.1) is 0 Å². The number of nitrogens with one attached hydrogen (secondary N) is 1. The van der Waals surface area contributed by atoms with E-state index in [1.165, 1.54) is 30.4 Å². The van der Waals surface area contributed by atoms with Crippen LogP contribution in [-0.4, -0.2) is 9.90 Å². The van der Waals surface area contributed by atoms with E-state index in [1.54, 1.807) is 24.4 Å². The first kappa shape index (κ1) is 14.7. The molecule has 1 aromatic carbocycles. The van der Waals surface area contributed by atoms with Gasteiger partial charge in [-0.25, -0.2) is 4.79 Å². The van der Waals surface area contributed by atoms with Gasteiger partial charge in [-0.15, -0.1) is 0 Å². The fraction of sp³-hybridized carbons (Fsp3) is 0.467. The van der Waals surface area contributed by atoms with Gasteiger partial charge in [0, 0.05) is 5.02 Å². The minimum Gasteiger partial charge on any atom is -0.235 e. The predicted molar refractivity (Wildman–Crippen MR) is 83.3 cm³/mol. The Hall–Kier alpha value is -1.26. The number of aromatic nitrogens is 3. The summed E-state index contributed by atoms with van der Waals surface area (Å²) in [6.07, 6.45) is 8.84. The summed E-state index contributed by atoms with van der Waals surface area (Å²) < 4.78 is 3.40. The van der Waals surface area contributed by atoms with E-state index in [9.17, 15) is 4.79 Å². The third-order valence-corrected chi connectivity index (χ3v) is 4.59. The molecule has 0 atom stereocenters. The smallest absolute Gasteiger partial charge is 0.235 e. The minimum atomic E-state index is -0.108. The molecule has 1 saturated carbocycles. The van der Waals surface area contributed by atoms with Gasteiger partial charge in [-0.3, -0.25) is 0 Å². The van der Waals surface area contributed by atoms with Crippen molar-refractivity contribution in [3.8, 4) is 5.69 Å². The number of hydrogen-bond acceptors (Lipinski definition) is 1. The third-order valence-electron chi connectivity index (χ3n) is 4.05. The molecular formula is C15H18Cl2N3O+. The maximum absolute atomic E-state index is 12.2. The van der Waals surface area contributed by atoms with Crippen LogP contribution in [0.4, 0.5) is 0 Å². The normalized spacial score (nSPS) is 16.9. The van der Waals surface area contributed by atoms with Crippen molar-refractivity contribution in [3.05, 3.63) is 44.8 Å². The SMILES string of the molecule is O=c1c[n+](C2CCCCCC2)[nH]n1-c1ccc(Cl)cc1Cl. The fourth-order valence-electron chi connectivity index (χ4n) is 2.93. The van der Waals surface area contributed by atoms with E-state index in [-0.39, 0.29) is 5.56 Å². The van der Waals surface area contributed by atoms with Gasteiger partial charge in [0.2, 0.25) is 6.20 Å². The van der Waals surface area contributed by atoms with Crippen molar-refractivity contribution >= 4 is 23.2 Å². The number of nitrogens with zero attached hydrogens (tertiary/aromatic N) is 2. The van der Waals surface area contributed by atoms with E-state index >= 15 is 0 Å². The van der Waals surface area contributed by atoms with Crippen molar-refractivity contribution in [3.63, 3.8) is 0 Å². The molecule has 1 N–H and O–H groups in total. The number of halogens is 2. The Morgan fingerprint density at radius 1 is 1.14 bits per heavy atom. The molecule has 21 heavy (non-hydrogen) atoms. The van der Waals surface area contributed by atoms with Crippen LogP contribution >= 0.6 is 23.2 Å². The van der Waals surface area contributed by atoms with Gasteiger partial charge in [-0.2, -0.15) is 4.68 Å². The van der Waals surface area contributed by atoms with Crippen LogP contribution in [0.3, 0.4) is 0 Å². The molecule has 1 aliphatic rings. The fourth-order valence-corrected chi connectivity index (χ4v) is 3.42. The van der Waals surface area contributed by atoms with Gasteiger partial charge in [-0.1, -0.05) is 45.9 Å². The van der Waals surface area contributed by atoms with Gasteiger partial charge in [0.1, 0.15) is 6.04 Å². The molecule has 0 unspecified atom stereocenters. The molecule has 0 spiro atoms. The number of H-pyrrole nitrogens is 1. The second-order valence-electron chi connectivity index (χ2n) is 5.55. The molecule has 2 aromatic rings. The molecule has 0 radical (unpaired) electrons. The number of rotatable bonds is 2. The second-order valence-corrected chi connectivity index (χ2v) is 6.39. The van der Waals surface area contributed by atoms with Gasteiger partial charge in [0.15, 0.2) is 5.69 Å². The molecule has 3 rings (SSSR count). The predicted octanol–water partition coefficient (Wildman–Crippen LogP) is 3.66. The zero-order valence-corrected chi connectivity index (χ0v) is 13.2. The molecular weight excluding hydrogens is 309 g/mol. The molecule has 0 amide bonds. The highest BCUT2D eigenvalue weighted by atomic mass is 35.5. The van der Waals surface area contributed by atoms with Crippen molar-refractivity contribution in [1.29, 1.82) is 0 Å². The van der Waals surface area contributed by atoms with E-state index in [1.807, 2.05) is 4.68 Å². The lowest BCUT2D eigenvalue weighted by Gasteiger charge is -2.08. The summed E-state index contributed by atoms with van der Waals surface area (Å²) in [5.74, 6) is 0. The quantitative estimate of drug-likeness (QED) is 0.664. The van der Waals surface area contributed by atoms with Gasteiger partial charge in [0.25, 0.3) is 0 Å². The summed E-state index contributed by atoms with van der Waals surface area (Å²) in [4.78, 5) is 12.2. The molecule has 1 heterocycles. The molecule has 1 aliphatic carbocycles. The highest BCUT2D eigenvalue weighted by molar-refractivity contribution is 6.35. The van der Waals surface area contributed by atoms with Crippen molar-refractivity contribution in [2.75, 3.05) is 0 Å². The van der Waals surface area contributed by atoms with E-state index < -0.39 is 0 Å². The lowest BCUT2D eigenvalue weighted by Crippen LogP contribution is -2.41. The zero-order chi connectivity index (χ0) is 14.8. The van der Waals surface area contributed by atoms with Crippen LogP contribution < -0.4 is 10.2 Å². The van der Waals surface area contributed by atoms with Crippen LogP contribution in [0.1, 0.15) is 44.6 Å². The van der Waals surface area contributed by atoms with E-state index in [2.05, 4.69) is 5.21 Å². The van der Waals surface area contributed by atoms with E-state index in [0.717, 1.165) is 12.8 Å². The van der Waals surface area contributed by atoms with Crippen LogP contribution in [0.25, 0.3) is 5.69 Å². The van der Waals surface area contributed by atoms with Crippen LogP contribution in [0.5, 0.6) is 0 Å². The molecule has 0 saturated heterocycles. The lowest BCUT2D eigenvalue weighted by atomic mass is 10.1. The Morgan fingerprint density at radius 2 is 1.86 bits per heavy atom. The third kappa shape index (κ3) is 3.16. The van der Waals surface area contributed by atoms with Crippen molar-refractivity contribution in [1.82, 2.24) is 9.90 Å². The summed E-state index contributed by atoms with van der Waals surface area (Å²) in [5, 5.41) is 4.16. The van der Waals surface area contributed by atoms with E-state index in [4.69, 9.17) is 23.2 Å². The molecule has 4 nitrogen and oxygen atoms in total. The molecule has 0 bridgehead atoms. The van der Waals surface area contributed by atoms with E-state index in [0.29, 0.717) is 21.8 Å². The average Bonchev–Trinajstić information content (AvgIpc) is 2.67. The topological polar surface area (TPSA) is 41.7 Å². The summed E-state index contributed by atoms with van der Waals surface area (Å²) >= 11 is 12.1. The summed E-state index contributed by atoms with van der Waals surface area (Å²) in [6.45, 7) is 0. The molecule has 1 aromatic heterocycles. The Kier molecular flexibility index (Phi) is 4.36. The Bertz CT molecular complexity index is 684. The first-order chi connectivity index (χ1) is 10.1. The minimum absolute atomic E-state index is 0.108. The number of hydrogen-bond donors (Lipinski definition) is 1. The summed E-state index contributed by atoms with van der Waals surface area (Å²) in [5.41, 5.74) is 0.516. The molecule has 0 aliphatic heterocycles. The maximum atomic E-state index is 12.2. The summed E-state index contributed by atoms with van der Waals surface area (Å²) in [6, 6.07) is 5.49. The molecule has 112 valence electrons. The highest BCUT2D eigenvalue weighted by Crippen LogP contribution is 2.24. The standard InChI is InChI=1S/C15H17Cl2N3O/c16-11-7-8-14(13(17)9-11)20-15(21)10-19(18-20)12-5-3-1-2-4-6-12/h7-10,12H,1-6H2/p+1. The highest BCUT2D eigenvalue weighted by Gasteiger charge is 2.23. The van der Waals surface area contributed by atoms with Crippen molar-refractivity contribution < 1.29 is 4.68 Å². The summed E-state index contributed by atoms with van der Waals surface area (Å²) in [7, 11) is 0. The van der Waals surface area contributed by atoms with Crippen LogP contribution in [0.15, 0.2) is 29.2 Å². The Balaban J connectivity index is 1.95. The molecule has 1 fully saturated rings. The van der Waals surface area contributed by atoms with Gasteiger partial charge in [-0.05, 0) is 43.9 Å². The van der Waals surface area contributed by atoms with Gasteiger partial charge in [0.05, 0.1) is 5.02 Å². The van der Waals surface area contributed by atoms with Gasteiger partial charge < -0.3 is 0 Å². The Labute approximate surface area is 133 Å². The lowest BCUT2D eigenvalue weighted by molar-refractivity contribution is -0.779. The monoisotopic (exact) mass is 326 g/mol. The van der Waals surface area contributed by atoms with Crippen molar-refractivity contribution in [2.24, 2.45) is 0 Å². The first-order valence-corrected chi connectivity index (χ1v) is 8.09. The average molecular weight is 327 g/mol. The number of aromatic amines is 1. The number of benzene rings is 1. The van der Waals surface area contributed by atoms with Crippen LogP contribution in [0.2, 0.25) is 10.0 Å². The Morgan fingerprint density at radius 3 is 2.52 bits per heavy atom. The molecule has 6 heteroatoms. The zero-order valence-electron chi connectivity index (χ0n) is 11.7. The van der Waals surface area contributed by atoms with Gasteiger partial charge >= 0.3 is 5.56 Å². The second kappa shape index (κ2) is 6.24. The van der Waals surface area contributed by atoms with Crippen LogP contribution in [-0.2, 0) is 0 Å². The van der Waals surface area contributed by atoms with Crippen molar-refractivity contribution in [2.45, 2.75) is 44.6 Å².